The summed E-state index contributed by atoms with van der Waals surface area (Å²) in [5.41, 5.74) is 2.20. The number of hydrogen-bond donors (Lipinski definition) is 1. The first-order valence-corrected chi connectivity index (χ1v) is 9.53. The number of benzene rings is 1. The Morgan fingerprint density at radius 1 is 1.07 bits per heavy atom. The number of ketones is 1. The molecule has 0 spiro atoms. The number of Topliss-reactive ketones (excluding diaryl/α,β-unsaturated/α-hetero) is 1. The zero-order valence-corrected chi connectivity index (χ0v) is 18.1. The molecule has 2 aromatic rings. The summed E-state index contributed by atoms with van der Waals surface area (Å²) >= 11 is 5.91. The van der Waals surface area contributed by atoms with Gasteiger partial charge in [-0.3, -0.25) is 9.59 Å². The predicted molar refractivity (Wildman–Crippen MR) is 112 cm³/mol. The average molecular weight is 420 g/mol. The van der Waals surface area contributed by atoms with Crippen LogP contribution in [0.25, 0.3) is 0 Å². The Bertz CT molecular complexity index is 903. The number of nitrogens with zero attached hydrogens (tertiary/aromatic N) is 2. The number of halogens is 1. The molecule has 0 unspecified atom stereocenters. The van der Waals surface area contributed by atoms with Crippen LogP contribution in [-0.2, 0) is 4.74 Å². The molecule has 0 aliphatic heterocycles. The molecule has 1 heterocycles. The maximum absolute atomic E-state index is 13.1. The number of rotatable bonds is 8. The fourth-order valence-electron chi connectivity index (χ4n) is 3.08. The number of nitrogens with one attached hydrogen (secondary N) is 1. The van der Waals surface area contributed by atoms with Crippen molar-refractivity contribution in [2.45, 2.75) is 13.8 Å². The number of ether oxygens (including phenoxy) is 1. The fraction of sp³-hybridized carbons (Fsp3) is 0.381. The quantitative estimate of drug-likeness (QED) is 0.525. The Labute approximate surface area is 175 Å². The summed E-state index contributed by atoms with van der Waals surface area (Å²) in [6.07, 6.45) is 0. The molecule has 0 fully saturated rings. The van der Waals surface area contributed by atoms with Crippen molar-refractivity contribution in [2.24, 2.45) is 0 Å². The number of hydrogen-bond acceptors (Lipinski definition) is 5. The van der Waals surface area contributed by atoms with Crippen molar-refractivity contribution in [3.63, 3.8) is 0 Å². The first-order valence-electron chi connectivity index (χ1n) is 9.16. The van der Waals surface area contributed by atoms with Crippen molar-refractivity contribution in [1.29, 1.82) is 0 Å². The van der Waals surface area contributed by atoms with Crippen LogP contribution in [0.4, 0.5) is 0 Å². The zero-order chi connectivity index (χ0) is 21.7. The highest BCUT2D eigenvalue weighted by Crippen LogP contribution is 2.20. The van der Waals surface area contributed by atoms with Crippen molar-refractivity contribution in [2.75, 3.05) is 40.8 Å². The number of aromatic amines is 1. The summed E-state index contributed by atoms with van der Waals surface area (Å²) in [6, 6.07) is 6.56. The van der Waals surface area contributed by atoms with Gasteiger partial charge in [0.2, 0.25) is 0 Å². The van der Waals surface area contributed by atoms with Crippen molar-refractivity contribution in [3.8, 4) is 0 Å². The highest BCUT2D eigenvalue weighted by Gasteiger charge is 2.26. The van der Waals surface area contributed by atoms with Gasteiger partial charge < -0.3 is 19.5 Å². The standard InChI is InChI=1S/C21H26ClN3O4/c1-13-18(14(2)23-19(13)21(28)29-5)17(26)12-25(11-10-24(3)4)20(27)15-6-8-16(22)9-7-15/h6-9,23H,10-12H2,1-5H3. The second kappa shape index (κ2) is 9.71. The van der Waals surface area contributed by atoms with E-state index in [1.165, 1.54) is 12.0 Å². The molecule has 1 N–H and O–H groups in total. The van der Waals surface area contributed by atoms with E-state index in [1.807, 2.05) is 19.0 Å². The topological polar surface area (TPSA) is 82.7 Å². The maximum atomic E-state index is 13.1. The Kier molecular flexibility index (Phi) is 7.59. The highest BCUT2D eigenvalue weighted by molar-refractivity contribution is 6.30. The normalized spacial score (nSPS) is 10.9. The summed E-state index contributed by atoms with van der Waals surface area (Å²) < 4.78 is 4.75. The molecule has 2 rings (SSSR count). The van der Waals surface area contributed by atoms with Gasteiger partial charge in [-0.15, -0.1) is 0 Å². The summed E-state index contributed by atoms with van der Waals surface area (Å²) in [7, 11) is 5.08. The van der Waals surface area contributed by atoms with Crippen LogP contribution in [0.2, 0.25) is 5.02 Å². The van der Waals surface area contributed by atoms with Gasteiger partial charge in [-0.25, -0.2) is 4.79 Å². The first-order chi connectivity index (χ1) is 13.6. The molecule has 1 aromatic heterocycles. The minimum absolute atomic E-state index is 0.102. The summed E-state index contributed by atoms with van der Waals surface area (Å²) in [4.78, 5) is 44.3. The third-order valence-electron chi connectivity index (χ3n) is 4.64. The van der Waals surface area contributed by atoms with Crippen LogP contribution < -0.4 is 0 Å². The van der Waals surface area contributed by atoms with Crippen LogP contribution in [0.1, 0.15) is 42.5 Å². The van der Waals surface area contributed by atoms with Crippen LogP contribution in [0, 0.1) is 13.8 Å². The molecular weight excluding hydrogens is 394 g/mol. The minimum Gasteiger partial charge on any atom is -0.464 e. The third-order valence-corrected chi connectivity index (χ3v) is 4.89. The number of H-pyrrole nitrogens is 1. The molecular formula is C21H26ClN3O4. The molecule has 0 radical (unpaired) electrons. The lowest BCUT2D eigenvalue weighted by Gasteiger charge is -2.24. The Balaban J connectivity index is 2.30. The largest absolute Gasteiger partial charge is 0.464 e. The van der Waals surface area contributed by atoms with Crippen LogP contribution >= 0.6 is 11.6 Å². The number of methoxy groups -OCH3 is 1. The Morgan fingerprint density at radius 2 is 1.69 bits per heavy atom. The molecule has 1 aromatic carbocycles. The molecule has 1 amide bonds. The van der Waals surface area contributed by atoms with Crippen LogP contribution in [0.15, 0.2) is 24.3 Å². The third kappa shape index (κ3) is 5.46. The lowest BCUT2D eigenvalue weighted by Crippen LogP contribution is -2.40. The van der Waals surface area contributed by atoms with E-state index in [1.54, 1.807) is 38.1 Å². The Morgan fingerprint density at radius 3 is 2.24 bits per heavy atom. The van der Waals surface area contributed by atoms with Gasteiger partial charge in [0.1, 0.15) is 5.69 Å². The van der Waals surface area contributed by atoms with Gasteiger partial charge in [0.05, 0.1) is 13.7 Å². The Hall–Kier alpha value is -2.64. The SMILES string of the molecule is COC(=O)c1[nH]c(C)c(C(=O)CN(CCN(C)C)C(=O)c2ccc(Cl)cc2)c1C. The number of amides is 1. The summed E-state index contributed by atoms with van der Waals surface area (Å²) in [6.45, 7) is 4.29. The van der Waals surface area contributed by atoms with Gasteiger partial charge in [-0.05, 0) is 57.8 Å². The number of aryl methyl sites for hydroxylation is 1. The van der Waals surface area contributed by atoms with E-state index in [0.717, 1.165) is 0 Å². The minimum atomic E-state index is -0.536. The fourth-order valence-corrected chi connectivity index (χ4v) is 3.20. The van der Waals surface area contributed by atoms with Crippen molar-refractivity contribution < 1.29 is 19.1 Å². The molecule has 0 atom stereocenters. The van der Waals surface area contributed by atoms with Gasteiger partial charge in [0, 0.05) is 34.9 Å². The van der Waals surface area contributed by atoms with Crippen molar-refractivity contribution in [3.05, 3.63) is 57.4 Å². The van der Waals surface area contributed by atoms with E-state index >= 15 is 0 Å². The van der Waals surface area contributed by atoms with Gasteiger partial charge in [-0.2, -0.15) is 0 Å². The second-order valence-corrected chi connectivity index (χ2v) is 7.51. The number of aromatic nitrogens is 1. The molecule has 0 bridgehead atoms. The van der Waals surface area contributed by atoms with Crippen molar-refractivity contribution >= 4 is 29.3 Å². The van der Waals surface area contributed by atoms with E-state index in [2.05, 4.69) is 4.98 Å². The first kappa shape index (κ1) is 22.6. The molecule has 0 aliphatic carbocycles. The predicted octanol–water partition coefficient (Wildman–Crippen LogP) is 2.96. The number of esters is 1. The van der Waals surface area contributed by atoms with Crippen LogP contribution in [0.3, 0.4) is 0 Å². The van der Waals surface area contributed by atoms with E-state index in [9.17, 15) is 14.4 Å². The molecule has 0 saturated carbocycles. The monoisotopic (exact) mass is 419 g/mol. The van der Waals surface area contributed by atoms with Gasteiger partial charge in [-0.1, -0.05) is 11.6 Å². The second-order valence-electron chi connectivity index (χ2n) is 7.08. The van der Waals surface area contributed by atoms with Gasteiger partial charge >= 0.3 is 5.97 Å². The van der Waals surface area contributed by atoms with Crippen LogP contribution in [-0.4, -0.2) is 73.3 Å². The van der Waals surface area contributed by atoms with Crippen molar-refractivity contribution in [1.82, 2.24) is 14.8 Å². The number of carbonyl (C=O) groups excluding carboxylic acids is 3. The molecule has 29 heavy (non-hydrogen) atoms. The summed E-state index contributed by atoms with van der Waals surface area (Å²) in [5.74, 6) is -1.03. The molecule has 0 saturated heterocycles. The molecule has 8 heteroatoms. The molecule has 0 aliphatic rings. The van der Waals surface area contributed by atoms with E-state index in [-0.39, 0.29) is 23.9 Å². The molecule has 7 nitrogen and oxygen atoms in total. The number of likely N-dealkylation sites (N-methyl/N-ethyl adjacent to an activating group) is 1. The zero-order valence-electron chi connectivity index (χ0n) is 17.3. The van der Waals surface area contributed by atoms with Crippen LogP contribution in [0.5, 0.6) is 0 Å². The average Bonchev–Trinajstić information content (AvgIpc) is 2.98. The van der Waals surface area contributed by atoms with E-state index in [0.29, 0.717) is 40.5 Å². The lowest BCUT2D eigenvalue weighted by atomic mass is 10.0. The lowest BCUT2D eigenvalue weighted by molar-refractivity contribution is 0.0593. The van der Waals surface area contributed by atoms with E-state index < -0.39 is 5.97 Å². The van der Waals surface area contributed by atoms with E-state index in [4.69, 9.17) is 16.3 Å². The van der Waals surface area contributed by atoms with Gasteiger partial charge in [0.15, 0.2) is 5.78 Å². The highest BCUT2D eigenvalue weighted by atomic mass is 35.5. The number of carbonyl (C=O) groups is 3. The smallest absolute Gasteiger partial charge is 0.354 e. The summed E-state index contributed by atoms with van der Waals surface area (Å²) in [5, 5.41) is 0.534. The van der Waals surface area contributed by atoms with Gasteiger partial charge in [0.25, 0.3) is 5.91 Å². The molecule has 156 valence electrons. The maximum Gasteiger partial charge on any atom is 0.354 e.